The molecule has 1 fully saturated rings. The zero-order valence-corrected chi connectivity index (χ0v) is 12.7. The molecule has 0 aliphatic heterocycles. The van der Waals surface area contributed by atoms with Gasteiger partial charge in [-0.3, -0.25) is 9.59 Å². The summed E-state index contributed by atoms with van der Waals surface area (Å²) in [5, 5.41) is 0. The Morgan fingerprint density at radius 3 is 2.50 bits per heavy atom. The van der Waals surface area contributed by atoms with Gasteiger partial charge in [-0.2, -0.15) is 0 Å². The molecule has 1 aromatic rings. The number of ketones is 2. The van der Waals surface area contributed by atoms with E-state index in [9.17, 15) is 9.59 Å². The van der Waals surface area contributed by atoms with E-state index >= 15 is 0 Å². The highest BCUT2D eigenvalue weighted by atomic mass is 16.2. The molecule has 2 unspecified atom stereocenters. The molecular formula is C18H24O2. The molecule has 0 aromatic heterocycles. The standard InChI is InChI=1S/C18H24O2/c1-4-5-9-14-12-18(2,3)17(20)15(14)16(19)13-10-7-6-8-11-13/h6-8,10-11,14-15H,4-5,9,12H2,1-3H3. The summed E-state index contributed by atoms with van der Waals surface area (Å²) in [5.74, 6) is -0.0705. The van der Waals surface area contributed by atoms with Crippen molar-refractivity contribution in [1.82, 2.24) is 0 Å². The number of rotatable bonds is 5. The van der Waals surface area contributed by atoms with Crippen molar-refractivity contribution in [1.29, 1.82) is 0 Å². The molecule has 2 heteroatoms. The van der Waals surface area contributed by atoms with Crippen molar-refractivity contribution in [3.63, 3.8) is 0 Å². The molecule has 2 rings (SSSR count). The summed E-state index contributed by atoms with van der Waals surface area (Å²) in [5.41, 5.74) is 0.318. The van der Waals surface area contributed by atoms with Crippen LogP contribution < -0.4 is 0 Å². The second kappa shape index (κ2) is 5.90. The molecule has 0 bridgehead atoms. The van der Waals surface area contributed by atoms with Gasteiger partial charge in [0.2, 0.25) is 0 Å². The number of unbranched alkanes of at least 4 members (excludes halogenated alkanes) is 1. The zero-order valence-electron chi connectivity index (χ0n) is 12.7. The lowest BCUT2D eigenvalue weighted by Gasteiger charge is -2.16. The highest BCUT2D eigenvalue weighted by Gasteiger charge is 2.49. The molecule has 20 heavy (non-hydrogen) atoms. The summed E-state index contributed by atoms with van der Waals surface area (Å²) in [6.45, 7) is 6.11. The third-order valence-electron chi connectivity index (χ3n) is 4.46. The molecule has 0 saturated heterocycles. The number of Topliss-reactive ketones (excluding diaryl/α,β-unsaturated/α-hetero) is 2. The van der Waals surface area contributed by atoms with Crippen LogP contribution >= 0.6 is 0 Å². The quantitative estimate of drug-likeness (QED) is 0.592. The van der Waals surface area contributed by atoms with Crippen LogP contribution in [0.1, 0.15) is 56.8 Å². The molecule has 0 N–H and O–H groups in total. The molecule has 1 aliphatic carbocycles. The van der Waals surface area contributed by atoms with E-state index in [2.05, 4.69) is 6.92 Å². The van der Waals surface area contributed by atoms with Crippen LogP contribution in [-0.2, 0) is 4.79 Å². The summed E-state index contributed by atoms with van der Waals surface area (Å²) in [7, 11) is 0. The first kappa shape index (κ1) is 15.0. The molecule has 0 amide bonds. The van der Waals surface area contributed by atoms with Crippen LogP contribution in [0.25, 0.3) is 0 Å². The van der Waals surface area contributed by atoms with E-state index in [4.69, 9.17) is 0 Å². The monoisotopic (exact) mass is 272 g/mol. The maximum Gasteiger partial charge on any atom is 0.173 e. The van der Waals surface area contributed by atoms with Crippen molar-refractivity contribution in [2.75, 3.05) is 0 Å². The minimum atomic E-state index is -0.432. The number of hydrogen-bond donors (Lipinski definition) is 0. The van der Waals surface area contributed by atoms with Crippen LogP contribution in [0.2, 0.25) is 0 Å². The second-order valence-electron chi connectivity index (χ2n) is 6.56. The Hall–Kier alpha value is -1.44. The average molecular weight is 272 g/mol. The van der Waals surface area contributed by atoms with E-state index < -0.39 is 5.92 Å². The Labute approximate surface area is 121 Å². The summed E-state index contributed by atoms with van der Waals surface area (Å²) >= 11 is 0. The Morgan fingerprint density at radius 2 is 1.90 bits per heavy atom. The van der Waals surface area contributed by atoms with Crippen molar-refractivity contribution >= 4 is 11.6 Å². The van der Waals surface area contributed by atoms with Crippen LogP contribution in [0.4, 0.5) is 0 Å². The topological polar surface area (TPSA) is 34.1 Å². The van der Waals surface area contributed by atoms with E-state index in [-0.39, 0.29) is 22.9 Å². The molecule has 0 radical (unpaired) electrons. The van der Waals surface area contributed by atoms with Gasteiger partial charge in [0.05, 0.1) is 5.92 Å². The van der Waals surface area contributed by atoms with Crippen molar-refractivity contribution in [2.24, 2.45) is 17.3 Å². The van der Waals surface area contributed by atoms with Crippen molar-refractivity contribution < 1.29 is 9.59 Å². The van der Waals surface area contributed by atoms with Gasteiger partial charge in [-0.25, -0.2) is 0 Å². The molecule has 1 saturated carbocycles. The molecule has 108 valence electrons. The highest BCUT2D eigenvalue weighted by Crippen LogP contribution is 2.45. The Morgan fingerprint density at radius 1 is 1.25 bits per heavy atom. The van der Waals surface area contributed by atoms with Gasteiger partial charge in [-0.15, -0.1) is 0 Å². The van der Waals surface area contributed by atoms with Gasteiger partial charge < -0.3 is 0 Å². The van der Waals surface area contributed by atoms with Gasteiger partial charge in [-0.1, -0.05) is 63.9 Å². The lowest BCUT2D eigenvalue weighted by atomic mass is 9.84. The van der Waals surface area contributed by atoms with Crippen LogP contribution in [0.5, 0.6) is 0 Å². The molecule has 2 nitrogen and oxygen atoms in total. The Kier molecular flexibility index (Phi) is 4.42. The number of hydrogen-bond acceptors (Lipinski definition) is 2. The van der Waals surface area contributed by atoms with Crippen molar-refractivity contribution in [3.05, 3.63) is 35.9 Å². The van der Waals surface area contributed by atoms with Crippen LogP contribution in [0, 0.1) is 17.3 Å². The molecule has 1 aromatic carbocycles. The summed E-state index contributed by atoms with van der Waals surface area (Å²) in [4.78, 5) is 25.3. The fourth-order valence-corrected chi connectivity index (χ4v) is 3.36. The largest absolute Gasteiger partial charge is 0.298 e. The number of carbonyl (C=O) groups excluding carboxylic acids is 2. The van der Waals surface area contributed by atoms with E-state index in [0.717, 1.165) is 25.7 Å². The predicted molar refractivity (Wildman–Crippen MR) is 80.7 cm³/mol. The van der Waals surface area contributed by atoms with E-state index in [1.165, 1.54) is 0 Å². The summed E-state index contributed by atoms with van der Waals surface area (Å²) in [6, 6.07) is 9.25. The minimum Gasteiger partial charge on any atom is -0.298 e. The first-order valence-electron chi connectivity index (χ1n) is 7.61. The van der Waals surface area contributed by atoms with Gasteiger partial charge in [0.25, 0.3) is 0 Å². The fraction of sp³-hybridized carbons (Fsp3) is 0.556. The second-order valence-corrected chi connectivity index (χ2v) is 6.56. The van der Waals surface area contributed by atoms with Crippen molar-refractivity contribution in [3.8, 4) is 0 Å². The van der Waals surface area contributed by atoms with Crippen molar-refractivity contribution in [2.45, 2.75) is 46.5 Å². The Balaban J connectivity index is 2.26. The summed E-state index contributed by atoms with van der Waals surface area (Å²) in [6.07, 6.45) is 4.02. The molecular weight excluding hydrogens is 248 g/mol. The maximum absolute atomic E-state index is 12.7. The predicted octanol–water partition coefficient (Wildman–Crippen LogP) is 4.29. The average Bonchev–Trinajstić information content (AvgIpc) is 2.67. The number of benzene rings is 1. The van der Waals surface area contributed by atoms with Gasteiger partial charge in [0.15, 0.2) is 5.78 Å². The first-order valence-corrected chi connectivity index (χ1v) is 7.61. The van der Waals surface area contributed by atoms with Gasteiger partial charge in [0, 0.05) is 11.0 Å². The third kappa shape index (κ3) is 2.84. The normalized spacial score (nSPS) is 24.9. The first-order chi connectivity index (χ1) is 9.47. The van der Waals surface area contributed by atoms with E-state index in [0.29, 0.717) is 5.56 Å². The smallest absolute Gasteiger partial charge is 0.173 e. The summed E-state index contributed by atoms with van der Waals surface area (Å²) < 4.78 is 0. The van der Waals surface area contributed by atoms with Crippen LogP contribution in [0.15, 0.2) is 30.3 Å². The maximum atomic E-state index is 12.7. The van der Waals surface area contributed by atoms with Gasteiger partial charge >= 0.3 is 0 Å². The van der Waals surface area contributed by atoms with E-state index in [1.54, 1.807) is 0 Å². The molecule has 0 heterocycles. The van der Waals surface area contributed by atoms with Crippen LogP contribution in [0.3, 0.4) is 0 Å². The fourth-order valence-electron chi connectivity index (χ4n) is 3.36. The zero-order chi connectivity index (χ0) is 14.8. The molecule has 1 aliphatic rings. The number of carbonyl (C=O) groups is 2. The van der Waals surface area contributed by atoms with E-state index in [1.807, 2.05) is 44.2 Å². The van der Waals surface area contributed by atoms with Gasteiger partial charge in [0.1, 0.15) is 5.78 Å². The Bertz CT molecular complexity index is 487. The lowest BCUT2D eigenvalue weighted by molar-refractivity contribution is -0.126. The third-order valence-corrected chi connectivity index (χ3v) is 4.46. The van der Waals surface area contributed by atoms with Gasteiger partial charge in [-0.05, 0) is 18.8 Å². The lowest BCUT2D eigenvalue weighted by Crippen LogP contribution is -2.29. The SMILES string of the molecule is CCCCC1CC(C)(C)C(=O)C1C(=O)c1ccccc1. The van der Waals surface area contributed by atoms with Crippen LogP contribution in [-0.4, -0.2) is 11.6 Å². The minimum absolute atomic E-state index is 0.0160. The molecule has 2 atom stereocenters. The molecule has 0 spiro atoms. The highest BCUT2D eigenvalue weighted by molar-refractivity contribution is 6.13.